The quantitative estimate of drug-likeness (QED) is 0.800. The topological polar surface area (TPSA) is 78.4 Å². The number of hydrogen-bond donors (Lipinski definition) is 3. The summed E-state index contributed by atoms with van der Waals surface area (Å²) in [5.74, 6) is -0.984. The van der Waals surface area contributed by atoms with Crippen molar-refractivity contribution in [2.75, 3.05) is 11.9 Å². The Bertz CT molecular complexity index is 568. The zero-order chi connectivity index (χ0) is 15.7. The molecule has 1 saturated carbocycles. The highest BCUT2D eigenvalue weighted by Crippen LogP contribution is 2.45. The molecule has 5 nitrogen and oxygen atoms in total. The van der Waals surface area contributed by atoms with Crippen LogP contribution in [0.3, 0.4) is 0 Å². The Balaban J connectivity index is 1.93. The number of benzene rings is 1. The van der Waals surface area contributed by atoms with Crippen LogP contribution in [0, 0.1) is 5.41 Å². The smallest absolute Gasteiger partial charge is 0.416 e. The van der Waals surface area contributed by atoms with Crippen LogP contribution in [0.15, 0.2) is 24.3 Å². The zero-order valence-electron chi connectivity index (χ0n) is 10.8. The third-order valence-electron chi connectivity index (χ3n) is 3.34. The van der Waals surface area contributed by atoms with E-state index < -0.39 is 29.2 Å². The predicted molar refractivity (Wildman–Crippen MR) is 67.8 cm³/mol. The van der Waals surface area contributed by atoms with E-state index >= 15 is 0 Å². The maximum atomic E-state index is 12.5. The number of aliphatic carboxylic acids is 1. The van der Waals surface area contributed by atoms with Crippen molar-refractivity contribution in [1.82, 2.24) is 5.32 Å². The number of carbonyl (C=O) groups excluding carboxylic acids is 1. The Morgan fingerprint density at radius 2 is 1.95 bits per heavy atom. The van der Waals surface area contributed by atoms with Gasteiger partial charge >= 0.3 is 18.2 Å². The predicted octanol–water partition coefficient (Wildman–Crippen LogP) is 2.69. The van der Waals surface area contributed by atoms with Crippen molar-refractivity contribution in [1.29, 1.82) is 0 Å². The maximum Gasteiger partial charge on any atom is 0.416 e. The maximum absolute atomic E-state index is 12.5. The van der Waals surface area contributed by atoms with Crippen LogP contribution < -0.4 is 10.6 Å². The van der Waals surface area contributed by atoms with Gasteiger partial charge in [-0.1, -0.05) is 6.07 Å². The lowest BCUT2D eigenvalue weighted by atomic mass is 10.1. The molecule has 1 aromatic rings. The van der Waals surface area contributed by atoms with E-state index in [-0.39, 0.29) is 12.2 Å². The van der Waals surface area contributed by atoms with Crippen LogP contribution in [-0.2, 0) is 11.0 Å². The molecule has 21 heavy (non-hydrogen) atoms. The fourth-order valence-corrected chi connectivity index (χ4v) is 1.82. The van der Waals surface area contributed by atoms with Crippen LogP contribution in [0.2, 0.25) is 0 Å². The number of nitrogens with one attached hydrogen (secondary N) is 2. The molecule has 1 aliphatic carbocycles. The van der Waals surface area contributed by atoms with Crippen molar-refractivity contribution in [3.05, 3.63) is 29.8 Å². The van der Waals surface area contributed by atoms with Gasteiger partial charge in [-0.25, -0.2) is 4.79 Å². The first-order valence-corrected chi connectivity index (χ1v) is 6.18. The Hall–Kier alpha value is -2.25. The van der Waals surface area contributed by atoms with E-state index in [9.17, 15) is 22.8 Å². The molecule has 1 aliphatic rings. The number of urea groups is 1. The van der Waals surface area contributed by atoms with Crippen molar-refractivity contribution in [2.45, 2.75) is 19.0 Å². The van der Waals surface area contributed by atoms with E-state index in [1.54, 1.807) is 0 Å². The van der Waals surface area contributed by atoms with Gasteiger partial charge in [0.15, 0.2) is 0 Å². The Morgan fingerprint density at radius 3 is 2.48 bits per heavy atom. The van der Waals surface area contributed by atoms with Gasteiger partial charge in [0.2, 0.25) is 0 Å². The van der Waals surface area contributed by atoms with Crippen LogP contribution in [0.25, 0.3) is 0 Å². The normalized spacial score (nSPS) is 16.1. The van der Waals surface area contributed by atoms with E-state index in [4.69, 9.17) is 5.11 Å². The lowest BCUT2D eigenvalue weighted by Gasteiger charge is -2.13. The average Bonchev–Trinajstić information content (AvgIpc) is 3.17. The third-order valence-corrected chi connectivity index (χ3v) is 3.34. The lowest BCUT2D eigenvalue weighted by molar-refractivity contribution is -0.143. The van der Waals surface area contributed by atoms with Crippen LogP contribution in [0.5, 0.6) is 0 Å². The first-order valence-electron chi connectivity index (χ1n) is 6.18. The Morgan fingerprint density at radius 1 is 1.29 bits per heavy atom. The van der Waals surface area contributed by atoms with E-state index in [0.717, 1.165) is 12.1 Å². The fraction of sp³-hybridized carbons (Fsp3) is 0.385. The molecule has 0 heterocycles. The highest BCUT2D eigenvalue weighted by Gasteiger charge is 2.50. The molecule has 0 aromatic heterocycles. The number of carboxylic acids is 1. The molecular weight excluding hydrogens is 289 g/mol. The summed E-state index contributed by atoms with van der Waals surface area (Å²) in [6.45, 7) is -0.0485. The average molecular weight is 302 g/mol. The van der Waals surface area contributed by atoms with Gasteiger partial charge < -0.3 is 15.7 Å². The van der Waals surface area contributed by atoms with Crippen molar-refractivity contribution >= 4 is 17.7 Å². The van der Waals surface area contributed by atoms with E-state index in [1.807, 2.05) is 0 Å². The van der Waals surface area contributed by atoms with Crippen molar-refractivity contribution in [2.24, 2.45) is 5.41 Å². The van der Waals surface area contributed by atoms with Crippen molar-refractivity contribution in [3.63, 3.8) is 0 Å². The molecule has 0 aliphatic heterocycles. The van der Waals surface area contributed by atoms with Gasteiger partial charge in [0.1, 0.15) is 0 Å². The van der Waals surface area contributed by atoms with Crippen LogP contribution >= 0.6 is 0 Å². The van der Waals surface area contributed by atoms with Crippen LogP contribution in [0.4, 0.5) is 23.7 Å². The number of alkyl halides is 3. The summed E-state index contributed by atoms with van der Waals surface area (Å²) in [4.78, 5) is 22.5. The summed E-state index contributed by atoms with van der Waals surface area (Å²) in [6.07, 6.45) is -3.53. The number of hydrogen-bond acceptors (Lipinski definition) is 2. The van der Waals surface area contributed by atoms with Gasteiger partial charge in [0.25, 0.3) is 0 Å². The highest BCUT2D eigenvalue weighted by molar-refractivity contribution is 5.90. The van der Waals surface area contributed by atoms with Crippen molar-refractivity contribution in [3.8, 4) is 0 Å². The Kier molecular flexibility index (Phi) is 3.80. The van der Waals surface area contributed by atoms with Gasteiger partial charge in [0, 0.05) is 12.2 Å². The number of rotatable bonds is 4. The lowest BCUT2D eigenvalue weighted by Crippen LogP contribution is -2.36. The standard InChI is InChI=1S/C13H13F3N2O3/c14-13(15,16)8-2-1-3-9(6-8)18-11(21)17-7-12(4-5-12)10(19)20/h1-3,6H,4-5,7H2,(H,19,20)(H2,17,18,21). The minimum Gasteiger partial charge on any atom is -0.481 e. The molecule has 3 N–H and O–H groups in total. The number of amides is 2. The second-order valence-corrected chi connectivity index (χ2v) is 4.97. The molecule has 2 rings (SSSR count). The van der Waals surface area contributed by atoms with Crippen LogP contribution in [0.1, 0.15) is 18.4 Å². The van der Waals surface area contributed by atoms with E-state index in [2.05, 4.69) is 10.6 Å². The molecule has 8 heteroatoms. The minimum atomic E-state index is -4.49. The molecule has 0 saturated heterocycles. The SMILES string of the molecule is O=C(NCC1(C(=O)O)CC1)Nc1cccc(C(F)(F)F)c1. The largest absolute Gasteiger partial charge is 0.481 e. The van der Waals surface area contributed by atoms with Crippen LogP contribution in [-0.4, -0.2) is 23.7 Å². The number of carbonyl (C=O) groups is 2. The highest BCUT2D eigenvalue weighted by atomic mass is 19.4. The molecule has 0 spiro atoms. The molecule has 2 amide bonds. The second-order valence-electron chi connectivity index (χ2n) is 4.97. The molecular formula is C13H13F3N2O3. The summed E-state index contributed by atoms with van der Waals surface area (Å²) in [5.41, 5.74) is -1.81. The van der Waals surface area contributed by atoms with E-state index in [0.29, 0.717) is 12.8 Å². The first-order chi connectivity index (χ1) is 9.73. The summed E-state index contributed by atoms with van der Waals surface area (Å²) >= 11 is 0. The number of anilines is 1. The third kappa shape index (κ3) is 3.65. The molecule has 0 unspecified atom stereocenters. The van der Waals surface area contributed by atoms with Gasteiger partial charge in [0.05, 0.1) is 11.0 Å². The molecule has 0 radical (unpaired) electrons. The summed E-state index contributed by atoms with van der Waals surface area (Å²) in [7, 11) is 0. The van der Waals surface area contributed by atoms with E-state index in [1.165, 1.54) is 12.1 Å². The minimum absolute atomic E-state index is 0.0116. The summed E-state index contributed by atoms with van der Waals surface area (Å²) in [5, 5.41) is 13.5. The molecule has 0 bridgehead atoms. The number of halogens is 3. The molecule has 1 fully saturated rings. The summed E-state index contributed by atoms with van der Waals surface area (Å²) < 4.78 is 37.5. The van der Waals surface area contributed by atoms with Crippen molar-refractivity contribution < 1.29 is 27.9 Å². The first kappa shape index (κ1) is 15.1. The van der Waals surface area contributed by atoms with Gasteiger partial charge in [-0.3, -0.25) is 4.79 Å². The monoisotopic (exact) mass is 302 g/mol. The van der Waals surface area contributed by atoms with Gasteiger partial charge in [-0.05, 0) is 31.0 Å². The summed E-state index contributed by atoms with van der Waals surface area (Å²) in [6, 6.07) is 3.47. The fourth-order valence-electron chi connectivity index (χ4n) is 1.82. The molecule has 1 aromatic carbocycles. The van der Waals surface area contributed by atoms with Gasteiger partial charge in [-0.2, -0.15) is 13.2 Å². The molecule has 0 atom stereocenters. The van der Waals surface area contributed by atoms with Gasteiger partial charge in [-0.15, -0.1) is 0 Å². The Labute approximate surface area is 118 Å². The molecule has 114 valence electrons. The second kappa shape index (κ2) is 5.27. The zero-order valence-corrected chi connectivity index (χ0v) is 10.8. The number of carboxylic acid groups (broad SMARTS) is 1.